The summed E-state index contributed by atoms with van der Waals surface area (Å²) in [7, 11) is 0. The largest absolute Gasteiger partial charge is 0.396 e. The van der Waals surface area contributed by atoms with Gasteiger partial charge in [-0.15, -0.1) is 0 Å². The Morgan fingerprint density at radius 1 is 1.11 bits per heavy atom. The second kappa shape index (κ2) is 6.86. The molecule has 0 aromatic heterocycles. The zero-order valence-electron chi connectivity index (χ0n) is 10.8. The summed E-state index contributed by atoms with van der Waals surface area (Å²) >= 11 is 0. The molecular weight excluding hydrogens is 229 g/mol. The summed E-state index contributed by atoms with van der Waals surface area (Å²) in [6.45, 7) is 2.92. The third-order valence-corrected chi connectivity index (χ3v) is 3.74. The number of hydrogen-bond acceptors (Lipinski definition) is 2. The normalized spacial score (nSPS) is 19.4. The molecule has 1 unspecified atom stereocenters. The van der Waals surface area contributed by atoms with E-state index in [1.165, 1.54) is 31.7 Å². The molecule has 18 heavy (non-hydrogen) atoms. The van der Waals surface area contributed by atoms with Crippen LogP contribution in [0.15, 0.2) is 24.3 Å². The summed E-state index contributed by atoms with van der Waals surface area (Å²) in [5.74, 6) is -0.310. The van der Waals surface area contributed by atoms with Crippen molar-refractivity contribution < 1.29 is 9.50 Å². The van der Waals surface area contributed by atoms with Crippen LogP contribution in [0.1, 0.15) is 37.2 Å². The number of benzene rings is 1. The van der Waals surface area contributed by atoms with E-state index < -0.39 is 0 Å². The standard InChI is InChI=1S/C15H22FNO/c16-15-8-4-3-7-14(15)13(12-18)11-17-9-5-1-2-6-10-17/h3-4,7-8,13,18H,1-2,5-6,9-12H2. The van der Waals surface area contributed by atoms with Gasteiger partial charge in [0.25, 0.3) is 0 Å². The van der Waals surface area contributed by atoms with E-state index in [0.717, 1.165) is 19.6 Å². The van der Waals surface area contributed by atoms with Gasteiger partial charge in [-0.3, -0.25) is 0 Å². The number of likely N-dealkylation sites (tertiary alicyclic amines) is 1. The molecule has 1 saturated heterocycles. The van der Waals surface area contributed by atoms with Crippen molar-refractivity contribution >= 4 is 0 Å². The molecular formula is C15H22FNO. The Morgan fingerprint density at radius 3 is 2.39 bits per heavy atom. The second-order valence-electron chi connectivity index (χ2n) is 5.12. The summed E-state index contributed by atoms with van der Waals surface area (Å²) in [5.41, 5.74) is 0.643. The fraction of sp³-hybridized carbons (Fsp3) is 0.600. The van der Waals surface area contributed by atoms with Crippen LogP contribution in [0.25, 0.3) is 0 Å². The van der Waals surface area contributed by atoms with Crippen LogP contribution in [-0.2, 0) is 0 Å². The lowest BCUT2D eigenvalue weighted by Crippen LogP contribution is -2.31. The van der Waals surface area contributed by atoms with E-state index in [-0.39, 0.29) is 18.3 Å². The third-order valence-electron chi connectivity index (χ3n) is 3.74. The van der Waals surface area contributed by atoms with E-state index in [0.29, 0.717) is 5.56 Å². The number of hydrogen-bond donors (Lipinski definition) is 1. The maximum atomic E-state index is 13.7. The van der Waals surface area contributed by atoms with E-state index >= 15 is 0 Å². The molecule has 0 amide bonds. The maximum absolute atomic E-state index is 13.7. The SMILES string of the molecule is OCC(CN1CCCCCC1)c1ccccc1F. The fourth-order valence-corrected chi connectivity index (χ4v) is 2.69. The van der Waals surface area contributed by atoms with Crippen molar-refractivity contribution in [3.05, 3.63) is 35.6 Å². The van der Waals surface area contributed by atoms with Crippen LogP contribution < -0.4 is 0 Å². The highest BCUT2D eigenvalue weighted by Gasteiger charge is 2.19. The lowest BCUT2D eigenvalue weighted by atomic mass is 9.98. The van der Waals surface area contributed by atoms with Crippen molar-refractivity contribution in [1.82, 2.24) is 4.90 Å². The van der Waals surface area contributed by atoms with Gasteiger partial charge in [-0.2, -0.15) is 0 Å². The molecule has 1 aromatic carbocycles. The quantitative estimate of drug-likeness (QED) is 0.889. The average molecular weight is 251 g/mol. The van der Waals surface area contributed by atoms with Crippen LogP contribution in [0, 0.1) is 5.82 Å². The minimum absolute atomic E-state index is 0.0113. The topological polar surface area (TPSA) is 23.5 Å². The Balaban J connectivity index is 2.02. The summed E-state index contributed by atoms with van der Waals surface area (Å²) in [6, 6.07) is 6.79. The number of aliphatic hydroxyl groups excluding tert-OH is 1. The van der Waals surface area contributed by atoms with Gasteiger partial charge in [0.1, 0.15) is 5.82 Å². The molecule has 0 aliphatic carbocycles. The number of nitrogens with zero attached hydrogens (tertiary/aromatic N) is 1. The van der Waals surface area contributed by atoms with Gasteiger partial charge in [0.05, 0.1) is 6.61 Å². The van der Waals surface area contributed by atoms with Crippen LogP contribution in [0.2, 0.25) is 0 Å². The molecule has 1 aliphatic heterocycles. The van der Waals surface area contributed by atoms with Crippen molar-refractivity contribution in [2.45, 2.75) is 31.6 Å². The van der Waals surface area contributed by atoms with Crippen LogP contribution in [0.3, 0.4) is 0 Å². The molecule has 0 radical (unpaired) electrons. The van der Waals surface area contributed by atoms with Gasteiger partial charge in [0, 0.05) is 12.5 Å². The summed E-state index contributed by atoms with van der Waals surface area (Å²) in [6.07, 6.45) is 5.02. The number of halogens is 1. The minimum Gasteiger partial charge on any atom is -0.396 e. The first-order valence-corrected chi connectivity index (χ1v) is 6.89. The van der Waals surface area contributed by atoms with Crippen molar-refractivity contribution in [3.8, 4) is 0 Å². The van der Waals surface area contributed by atoms with Crippen LogP contribution in [0.4, 0.5) is 4.39 Å². The van der Waals surface area contributed by atoms with Gasteiger partial charge in [-0.05, 0) is 37.6 Å². The number of aliphatic hydroxyl groups is 1. The van der Waals surface area contributed by atoms with Gasteiger partial charge in [-0.1, -0.05) is 31.0 Å². The van der Waals surface area contributed by atoms with Gasteiger partial charge in [0.15, 0.2) is 0 Å². The van der Waals surface area contributed by atoms with Crippen molar-refractivity contribution in [2.75, 3.05) is 26.2 Å². The molecule has 1 heterocycles. The highest BCUT2D eigenvalue weighted by molar-refractivity contribution is 5.22. The minimum atomic E-state index is -0.202. The second-order valence-corrected chi connectivity index (χ2v) is 5.12. The van der Waals surface area contributed by atoms with Crippen LogP contribution >= 0.6 is 0 Å². The molecule has 1 aromatic rings. The molecule has 100 valence electrons. The first-order chi connectivity index (χ1) is 8.81. The van der Waals surface area contributed by atoms with Crippen molar-refractivity contribution in [3.63, 3.8) is 0 Å². The van der Waals surface area contributed by atoms with Gasteiger partial charge in [-0.25, -0.2) is 4.39 Å². The predicted octanol–water partition coefficient (Wildman–Crippen LogP) is 2.78. The number of rotatable bonds is 4. The smallest absolute Gasteiger partial charge is 0.126 e. The molecule has 2 rings (SSSR count). The zero-order chi connectivity index (χ0) is 12.8. The predicted molar refractivity (Wildman–Crippen MR) is 71.1 cm³/mol. The average Bonchev–Trinajstić information content (AvgIpc) is 2.65. The van der Waals surface area contributed by atoms with E-state index in [4.69, 9.17) is 0 Å². The first kappa shape index (κ1) is 13.5. The third kappa shape index (κ3) is 3.53. The molecule has 1 N–H and O–H groups in total. The molecule has 1 fully saturated rings. The molecule has 0 bridgehead atoms. The lowest BCUT2D eigenvalue weighted by Gasteiger charge is -2.25. The highest BCUT2D eigenvalue weighted by atomic mass is 19.1. The maximum Gasteiger partial charge on any atom is 0.126 e. The summed E-state index contributed by atoms with van der Waals surface area (Å²) < 4.78 is 13.7. The fourth-order valence-electron chi connectivity index (χ4n) is 2.69. The van der Waals surface area contributed by atoms with Crippen molar-refractivity contribution in [2.24, 2.45) is 0 Å². The monoisotopic (exact) mass is 251 g/mol. The zero-order valence-corrected chi connectivity index (χ0v) is 10.8. The van der Waals surface area contributed by atoms with Gasteiger partial charge >= 0.3 is 0 Å². The van der Waals surface area contributed by atoms with E-state index in [1.807, 2.05) is 6.07 Å². The van der Waals surface area contributed by atoms with E-state index in [2.05, 4.69) is 4.90 Å². The Hall–Kier alpha value is -0.930. The van der Waals surface area contributed by atoms with Gasteiger partial charge in [0.2, 0.25) is 0 Å². The Bertz CT molecular complexity index is 361. The Kier molecular flexibility index (Phi) is 5.14. The van der Waals surface area contributed by atoms with E-state index in [9.17, 15) is 9.50 Å². The molecule has 3 heteroatoms. The highest BCUT2D eigenvalue weighted by Crippen LogP contribution is 2.21. The first-order valence-electron chi connectivity index (χ1n) is 6.89. The molecule has 0 saturated carbocycles. The molecule has 0 spiro atoms. The van der Waals surface area contributed by atoms with E-state index in [1.54, 1.807) is 12.1 Å². The molecule has 1 aliphatic rings. The van der Waals surface area contributed by atoms with Crippen LogP contribution in [0.5, 0.6) is 0 Å². The van der Waals surface area contributed by atoms with Crippen molar-refractivity contribution in [1.29, 1.82) is 0 Å². The lowest BCUT2D eigenvalue weighted by molar-refractivity contribution is 0.201. The summed E-state index contributed by atoms with van der Waals surface area (Å²) in [5, 5.41) is 9.51. The van der Waals surface area contributed by atoms with Gasteiger partial charge < -0.3 is 10.0 Å². The molecule has 1 atom stereocenters. The summed E-state index contributed by atoms with van der Waals surface area (Å²) in [4.78, 5) is 2.36. The van der Waals surface area contributed by atoms with Crippen LogP contribution in [-0.4, -0.2) is 36.2 Å². The Morgan fingerprint density at radius 2 is 1.78 bits per heavy atom. The Labute approximate surface area is 108 Å². The molecule has 2 nitrogen and oxygen atoms in total.